The summed E-state index contributed by atoms with van der Waals surface area (Å²) < 4.78 is 61.0. The van der Waals surface area contributed by atoms with Crippen molar-refractivity contribution in [2.45, 2.75) is 24.4 Å². The van der Waals surface area contributed by atoms with Gasteiger partial charge in [-0.05, 0) is 42.2 Å². The second-order valence-corrected chi connectivity index (χ2v) is 6.15. The Bertz CT molecular complexity index is 543. The third kappa shape index (κ3) is 3.99. The highest BCUT2D eigenvalue weighted by Crippen LogP contribution is 2.36. The monoisotopic (exact) mass is 335 g/mol. The quantitative estimate of drug-likeness (QED) is 0.793. The van der Waals surface area contributed by atoms with Gasteiger partial charge in [0.2, 0.25) is 0 Å². The fraction of sp³-hybridized carbons (Fsp3) is 0.571. The van der Waals surface area contributed by atoms with E-state index in [0.29, 0.717) is 18.8 Å². The van der Waals surface area contributed by atoms with Crippen molar-refractivity contribution in [2.75, 3.05) is 37.6 Å². The predicted octanol–water partition coefficient (Wildman–Crippen LogP) is 2.48. The van der Waals surface area contributed by atoms with Gasteiger partial charge in [0.05, 0.1) is 5.56 Å². The van der Waals surface area contributed by atoms with Gasteiger partial charge in [0.1, 0.15) is 0 Å². The number of piperazine rings is 1. The van der Waals surface area contributed by atoms with Gasteiger partial charge in [-0.1, -0.05) is 6.92 Å². The first-order valence-electron chi connectivity index (χ1n) is 7.10. The molecule has 1 aliphatic rings. The van der Waals surface area contributed by atoms with Gasteiger partial charge in [0.15, 0.2) is 0 Å². The van der Waals surface area contributed by atoms with Gasteiger partial charge < -0.3 is 9.45 Å². The van der Waals surface area contributed by atoms with E-state index in [0.717, 1.165) is 38.2 Å². The first-order valence-corrected chi connectivity index (χ1v) is 8.18. The summed E-state index contributed by atoms with van der Waals surface area (Å²) in [5.74, 6) is 0. The maximum atomic E-state index is 13.0. The number of benzene rings is 1. The summed E-state index contributed by atoms with van der Waals surface area (Å²) in [5.41, 5.74) is -0.688. The molecule has 0 spiro atoms. The molecule has 4 nitrogen and oxygen atoms in total. The second kappa shape index (κ2) is 6.97. The number of alkyl halides is 3. The lowest BCUT2D eigenvalue weighted by atomic mass is 10.1. The minimum Gasteiger partial charge on any atom is -0.768 e. The average Bonchev–Trinajstić information content (AvgIpc) is 2.47. The fourth-order valence-corrected chi connectivity index (χ4v) is 3.16. The maximum absolute atomic E-state index is 13.0. The third-order valence-electron chi connectivity index (χ3n) is 3.73. The van der Waals surface area contributed by atoms with Crippen LogP contribution in [-0.2, 0) is 17.3 Å². The lowest BCUT2D eigenvalue weighted by molar-refractivity contribution is -0.139. The molecule has 8 heteroatoms. The van der Waals surface area contributed by atoms with Gasteiger partial charge in [0.25, 0.3) is 0 Å². The Kier molecular flexibility index (Phi) is 5.46. The molecule has 1 heterocycles. The second-order valence-electron chi connectivity index (χ2n) is 5.24. The van der Waals surface area contributed by atoms with E-state index in [4.69, 9.17) is 0 Å². The third-order valence-corrected chi connectivity index (χ3v) is 4.44. The van der Waals surface area contributed by atoms with Crippen molar-refractivity contribution in [1.82, 2.24) is 4.90 Å². The maximum Gasteiger partial charge on any atom is 0.417 e. The molecule has 1 fully saturated rings. The highest BCUT2D eigenvalue weighted by atomic mass is 32.2. The molecule has 0 amide bonds. The molecule has 2 rings (SSSR count). The molecule has 0 radical (unpaired) electrons. The van der Waals surface area contributed by atoms with Crippen LogP contribution in [0.2, 0.25) is 0 Å². The van der Waals surface area contributed by atoms with Crippen LogP contribution in [0, 0.1) is 0 Å². The standard InChI is InChI=1S/C14H19F3N2O2S/c1-2-5-18-6-8-19(9-7-18)11-3-4-13(22(20)21)12(10-11)14(15,16)17/h3-4,10H,2,5-9H2,1H3,(H,20,21)/p-1. The smallest absolute Gasteiger partial charge is 0.417 e. The molecule has 1 unspecified atom stereocenters. The van der Waals surface area contributed by atoms with Gasteiger partial charge in [0, 0.05) is 36.8 Å². The highest BCUT2D eigenvalue weighted by molar-refractivity contribution is 7.79. The van der Waals surface area contributed by atoms with Crippen molar-refractivity contribution in [2.24, 2.45) is 0 Å². The van der Waals surface area contributed by atoms with Crippen LogP contribution in [0.3, 0.4) is 0 Å². The van der Waals surface area contributed by atoms with Gasteiger partial charge in [-0.25, -0.2) is 0 Å². The van der Waals surface area contributed by atoms with E-state index in [1.165, 1.54) is 6.07 Å². The van der Waals surface area contributed by atoms with Crippen LogP contribution in [0.4, 0.5) is 18.9 Å². The summed E-state index contributed by atoms with van der Waals surface area (Å²) in [7, 11) is 0. The summed E-state index contributed by atoms with van der Waals surface area (Å²) in [5, 5.41) is 0. The number of hydrogen-bond acceptors (Lipinski definition) is 4. The summed E-state index contributed by atoms with van der Waals surface area (Å²) in [6.45, 7) is 5.93. The first kappa shape index (κ1) is 17.2. The summed E-state index contributed by atoms with van der Waals surface area (Å²) in [6.07, 6.45) is -3.64. The Hall–Kier alpha value is -1.12. The molecule has 0 aromatic heterocycles. The average molecular weight is 335 g/mol. The Labute approximate surface area is 130 Å². The normalized spacial score (nSPS) is 18.5. The largest absolute Gasteiger partial charge is 0.768 e. The van der Waals surface area contributed by atoms with Gasteiger partial charge in [-0.15, -0.1) is 0 Å². The van der Waals surface area contributed by atoms with Crippen LogP contribution in [-0.4, -0.2) is 46.4 Å². The fourth-order valence-electron chi connectivity index (χ4n) is 2.63. The number of nitrogens with zero attached hydrogens (tertiary/aromatic N) is 2. The van der Waals surface area contributed by atoms with E-state index in [1.807, 2.05) is 4.90 Å². The predicted molar refractivity (Wildman–Crippen MR) is 77.6 cm³/mol. The van der Waals surface area contributed by atoms with Crippen LogP contribution in [0.5, 0.6) is 0 Å². The molecule has 124 valence electrons. The molecule has 22 heavy (non-hydrogen) atoms. The Morgan fingerprint density at radius 2 is 1.86 bits per heavy atom. The zero-order chi connectivity index (χ0) is 16.3. The Morgan fingerprint density at radius 1 is 1.23 bits per heavy atom. The van der Waals surface area contributed by atoms with Gasteiger partial charge in [-0.2, -0.15) is 13.2 Å². The first-order chi connectivity index (χ1) is 10.3. The lowest BCUT2D eigenvalue weighted by Crippen LogP contribution is -2.46. The van der Waals surface area contributed by atoms with E-state index < -0.39 is 27.7 Å². The summed E-state index contributed by atoms with van der Waals surface area (Å²) in [4.78, 5) is 3.42. The molecule has 1 aromatic carbocycles. The van der Waals surface area contributed by atoms with Crippen molar-refractivity contribution in [1.29, 1.82) is 0 Å². The van der Waals surface area contributed by atoms with Crippen LogP contribution in [0.25, 0.3) is 0 Å². The van der Waals surface area contributed by atoms with Crippen molar-refractivity contribution in [3.63, 3.8) is 0 Å². The van der Waals surface area contributed by atoms with E-state index in [9.17, 15) is 21.9 Å². The topological polar surface area (TPSA) is 46.6 Å². The molecular weight excluding hydrogens is 317 g/mol. The lowest BCUT2D eigenvalue weighted by Gasteiger charge is -2.36. The number of hydrogen-bond donors (Lipinski definition) is 0. The summed E-state index contributed by atoms with van der Waals surface area (Å²) in [6, 6.07) is 3.40. The van der Waals surface area contributed by atoms with Crippen LogP contribution in [0.1, 0.15) is 18.9 Å². The Balaban J connectivity index is 2.21. The summed E-state index contributed by atoms with van der Waals surface area (Å²) >= 11 is -2.91. The number of rotatable bonds is 4. The molecule has 1 atom stereocenters. The molecular formula is C14H18F3N2O2S-. The van der Waals surface area contributed by atoms with Crippen molar-refractivity contribution >= 4 is 16.8 Å². The van der Waals surface area contributed by atoms with Crippen LogP contribution < -0.4 is 4.90 Å². The van der Waals surface area contributed by atoms with E-state index in [2.05, 4.69) is 11.8 Å². The Morgan fingerprint density at radius 3 is 2.36 bits per heavy atom. The molecule has 0 saturated carbocycles. The van der Waals surface area contributed by atoms with Crippen LogP contribution in [0.15, 0.2) is 23.1 Å². The molecule has 1 aliphatic heterocycles. The number of halogens is 3. The SMILES string of the molecule is CCCN1CCN(c2ccc(S(=O)[O-])c(C(F)(F)F)c2)CC1. The van der Waals surface area contributed by atoms with Crippen molar-refractivity contribution < 1.29 is 21.9 Å². The highest BCUT2D eigenvalue weighted by Gasteiger charge is 2.34. The van der Waals surface area contributed by atoms with Gasteiger partial charge in [-0.3, -0.25) is 9.11 Å². The zero-order valence-corrected chi connectivity index (χ0v) is 13.0. The molecule has 0 N–H and O–H groups in total. The van der Waals surface area contributed by atoms with E-state index >= 15 is 0 Å². The number of anilines is 1. The van der Waals surface area contributed by atoms with Crippen molar-refractivity contribution in [3.05, 3.63) is 23.8 Å². The minimum atomic E-state index is -4.69. The molecule has 0 aliphatic carbocycles. The zero-order valence-electron chi connectivity index (χ0n) is 12.2. The molecule has 1 saturated heterocycles. The minimum absolute atomic E-state index is 0.415. The van der Waals surface area contributed by atoms with E-state index in [1.54, 1.807) is 0 Å². The van der Waals surface area contributed by atoms with Crippen molar-refractivity contribution in [3.8, 4) is 0 Å². The van der Waals surface area contributed by atoms with Gasteiger partial charge >= 0.3 is 6.18 Å². The molecule has 0 bridgehead atoms. The molecule has 1 aromatic rings. The van der Waals surface area contributed by atoms with Crippen LogP contribution >= 0.6 is 0 Å². The van der Waals surface area contributed by atoms with E-state index in [-0.39, 0.29) is 0 Å².